The molecule has 0 saturated carbocycles. The molecule has 1 aliphatic rings. The summed E-state index contributed by atoms with van der Waals surface area (Å²) in [5.74, 6) is 1.19. The molecule has 2 atom stereocenters. The molecule has 1 aromatic heterocycles. The normalized spacial score (nSPS) is 20.1. The van der Waals surface area contributed by atoms with Crippen molar-refractivity contribution < 1.29 is 9.26 Å². The predicted octanol–water partition coefficient (Wildman–Crippen LogP) is 2.03. The van der Waals surface area contributed by atoms with Gasteiger partial charge in [0.15, 0.2) is 5.82 Å². The van der Waals surface area contributed by atoms with E-state index in [9.17, 15) is 0 Å². The highest BCUT2D eigenvalue weighted by Gasteiger charge is 2.21. The Morgan fingerprint density at radius 3 is 2.90 bits per heavy atom. The number of hydrogen-bond acceptors (Lipinski definition) is 5. The van der Waals surface area contributed by atoms with Crippen LogP contribution in [0.5, 0.6) is 0 Å². The molecule has 1 aromatic carbocycles. The fourth-order valence-electron chi connectivity index (χ4n) is 2.47. The van der Waals surface area contributed by atoms with Gasteiger partial charge in [0.2, 0.25) is 5.89 Å². The molecule has 2 aromatic rings. The summed E-state index contributed by atoms with van der Waals surface area (Å²) in [5.41, 5.74) is 7.29. The Hall–Kier alpha value is -1.72. The molecule has 1 fully saturated rings. The molecule has 3 rings (SSSR count). The summed E-state index contributed by atoms with van der Waals surface area (Å²) in [7, 11) is 0. The topological polar surface area (TPSA) is 74.2 Å². The number of hydrogen-bond donors (Lipinski definition) is 1. The third kappa shape index (κ3) is 3.23. The van der Waals surface area contributed by atoms with Gasteiger partial charge in [-0.2, -0.15) is 4.98 Å². The molecule has 2 N–H and O–H groups in total. The average Bonchev–Trinajstić information content (AvgIpc) is 3.12. The first-order valence-electron chi connectivity index (χ1n) is 7.05. The Balaban J connectivity index is 1.60. The molecule has 1 unspecified atom stereocenters. The zero-order valence-electron chi connectivity index (χ0n) is 11.4. The van der Waals surface area contributed by atoms with Gasteiger partial charge in [0.05, 0.1) is 12.1 Å². The number of benzene rings is 1. The number of rotatable bonds is 5. The fraction of sp³-hybridized carbons (Fsp3) is 0.467. The van der Waals surface area contributed by atoms with Gasteiger partial charge in [-0.05, 0) is 24.8 Å². The number of ether oxygens (including phenoxy) is 1. The van der Waals surface area contributed by atoms with Crippen LogP contribution in [0.2, 0.25) is 0 Å². The van der Waals surface area contributed by atoms with Gasteiger partial charge in [0.25, 0.3) is 0 Å². The van der Waals surface area contributed by atoms with E-state index in [1.165, 1.54) is 5.56 Å². The minimum atomic E-state index is -0.261. The van der Waals surface area contributed by atoms with Gasteiger partial charge in [0, 0.05) is 13.0 Å². The number of nitrogens with zero attached hydrogens (tertiary/aromatic N) is 2. The summed E-state index contributed by atoms with van der Waals surface area (Å²) in [6.07, 6.45) is 3.82. The predicted molar refractivity (Wildman–Crippen MR) is 74.1 cm³/mol. The molecule has 5 nitrogen and oxygen atoms in total. The Kier molecular flexibility index (Phi) is 4.08. The molecule has 1 aliphatic heterocycles. The van der Waals surface area contributed by atoms with Crippen molar-refractivity contribution in [1.29, 1.82) is 0 Å². The summed E-state index contributed by atoms with van der Waals surface area (Å²) in [5, 5.41) is 4.00. The van der Waals surface area contributed by atoms with Gasteiger partial charge in [-0.3, -0.25) is 0 Å². The van der Waals surface area contributed by atoms with Gasteiger partial charge >= 0.3 is 0 Å². The van der Waals surface area contributed by atoms with Crippen LogP contribution in [0.1, 0.15) is 36.2 Å². The highest BCUT2D eigenvalue weighted by Crippen LogP contribution is 2.18. The summed E-state index contributed by atoms with van der Waals surface area (Å²) >= 11 is 0. The van der Waals surface area contributed by atoms with Crippen LogP contribution in [-0.4, -0.2) is 22.9 Å². The van der Waals surface area contributed by atoms with E-state index in [0.717, 1.165) is 19.4 Å². The SMILES string of the molecule is N[C@H](Cc1ccccc1)c1nc(CC2CCCO2)no1. The first kappa shape index (κ1) is 13.3. The maximum atomic E-state index is 6.12. The quantitative estimate of drug-likeness (QED) is 0.902. The third-order valence-electron chi connectivity index (χ3n) is 3.53. The molecule has 1 saturated heterocycles. The van der Waals surface area contributed by atoms with Crippen LogP contribution in [-0.2, 0) is 17.6 Å². The Labute approximate surface area is 118 Å². The van der Waals surface area contributed by atoms with Gasteiger partial charge < -0.3 is 15.0 Å². The molecular formula is C15H19N3O2. The lowest BCUT2D eigenvalue weighted by Gasteiger charge is -2.06. The second-order valence-corrected chi connectivity index (χ2v) is 5.18. The van der Waals surface area contributed by atoms with Crippen molar-refractivity contribution in [2.45, 2.75) is 37.8 Å². The zero-order valence-corrected chi connectivity index (χ0v) is 11.4. The van der Waals surface area contributed by atoms with Crippen LogP contribution >= 0.6 is 0 Å². The second-order valence-electron chi connectivity index (χ2n) is 5.18. The van der Waals surface area contributed by atoms with E-state index in [0.29, 0.717) is 24.6 Å². The standard InChI is InChI=1S/C15H19N3O2/c16-13(9-11-5-2-1-3-6-11)15-17-14(18-20-15)10-12-7-4-8-19-12/h1-3,5-6,12-13H,4,7-10,16H2/t12?,13-/m1/s1. The minimum Gasteiger partial charge on any atom is -0.378 e. The fourth-order valence-corrected chi connectivity index (χ4v) is 2.47. The molecule has 2 heterocycles. The lowest BCUT2D eigenvalue weighted by Crippen LogP contribution is -2.14. The van der Waals surface area contributed by atoms with Crippen molar-refractivity contribution in [2.24, 2.45) is 5.73 Å². The van der Waals surface area contributed by atoms with Crippen molar-refractivity contribution >= 4 is 0 Å². The summed E-state index contributed by atoms with van der Waals surface area (Å²) < 4.78 is 10.8. The van der Waals surface area contributed by atoms with E-state index in [4.69, 9.17) is 15.0 Å². The molecule has 0 spiro atoms. The van der Waals surface area contributed by atoms with Crippen molar-refractivity contribution in [3.63, 3.8) is 0 Å². The van der Waals surface area contributed by atoms with Crippen molar-refractivity contribution in [2.75, 3.05) is 6.61 Å². The molecule has 0 radical (unpaired) electrons. The molecule has 0 bridgehead atoms. The van der Waals surface area contributed by atoms with E-state index in [2.05, 4.69) is 10.1 Å². The van der Waals surface area contributed by atoms with E-state index >= 15 is 0 Å². The summed E-state index contributed by atoms with van der Waals surface area (Å²) in [4.78, 5) is 4.39. The molecular weight excluding hydrogens is 254 g/mol. The molecule has 0 amide bonds. The van der Waals surface area contributed by atoms with Crippen LogP contribution in [0, 0.1) is 0 Å². The van der Waals surface area contributed by atoms with Crippen molar-refractivity contribution in [1.82, 2.24) is 10.1 Å². The van der Waals surface area contributed by atoms with Crippen LogP contribution in [0.3, 0.4) is 0 Å². The van der Waals surface area contributed by atoms with Gasteiger partial charge in [-0.25, -0.2) is 0 Å². The monoisotopic (exact) mass is 273 g/mol. The second kappa shape index (κ2) is 6.15. The Bertz CT molecular complexity index is 535. The maximum Gasteiger partial charge on any atom is 0.243 e. The maximum absolute atomic E-state index is 6.12. The Morgan fingerprint density at radius 1 is 1.30 bits per heavy atom. The summed E-state index contributed by atoms with van der Waals surface area (Å²) in [6.45, 7) is 0.836. The van der Waals surface area contributed by atoms with Gasteiger partial charge in [-0.1, -0.05) is 35.5 Å². The highest BCUT2D eigenvalue weighted by molar-refractivity contribution is 5.16. The smallest absolute Gasteiger partial charge is 0.243 e. The largest absolute Gasteiger partial charge is 0.378 e. The van der Waals surface area contributed by atoms with Crippen molar-refractivity contribution in [3.8, 4) is 0 Å². The third-order valence-corrected chi connectivity index (χ3v) is 3.53. The van der Waals surface area contributed by atoms with E-state index in [1.54, 1.807) is 0 Å². The summed E-state index contributed by atoms with van der Waals surface area (Å²) in [6, 6.07) is 9.81. The van der Waals surface area contributed by atoms with Crippen molar-refractivity contribution in [3.05, 3.63) is 47.6 Å². The van der Waals surface area contributed by atoms with Gasteiger partial charge in [0.1, 0.15) is 0 Å². The molecule has 106 valence electrons. The molecule has 0 aliphatic carbocycles. The molecule has 5 heteroatoms. The molecule has 20 heavy (non-hydrogen) atoms. The van der Waals surface area contributed by atoms with Crippen LogP contribution < -0.4 is 5.73 Å². The van der Waals surface area contributed by atoms with Crippen LogP contribution in [0.25, 0.3) is 0 Å². The van der Waals surface area contributed by atoms with E-state index in [-0.39, 0.29) is 12.1 Å². The number of nitrogens with two attached hydrogens (primary N) is 1. The van der Waals surface area contributed by atoms with E-state index in [1.807, 2.05) is 30.3 Å². The lowest BCUT2D eigenvalue weighted by atomic mass is 10.1. The highest BCUT2D eigenvalue weighted by atomic mass is 16.5. The van der Waals surface area contributed by atoms with Gasteiger partial charge in [-0.15, -0.1) is 0 Å². The average molecular weight is 273 g/mol. The first-order chi connectivity index (χ1) is 9.81. The first-order valence-corrected chi connectivity index (χ1v) is 7.05. The van der Waals surface area contributed by atoms with E-state index < -0.39 is 0 Å². The van der Waals surface area contributed by atoms with Crippen LogP contribution in [0.4, 0.5) is 0 Å². The number of aromatic nitrogens is 2. The zero-order chi connectivity index (χ0) is 13.8. The lowest BCUT2D eigenvalue weighted by molar-refractivity contribution is 0.109. The van der Waals surface area contributed by atoms with Crippen LogP contribution in [0.15, 0.2) is 34.9 Å². The minimum absolute atomic E-state index is 0.228. The Morgan fingerprint density at radius 2 is 2.15 bits per heavy atom.